The van der Waals surface area contributed by atoms with E-state index in [2.05, 4.69) is 41.5 Å². The first-order chi connectivity index (χ1) is 10.1. The van der Waals surface area contributed by atoms with Crippen molar-refractivity contribution < 1.29 is 4.74 Å². The van der Waals surface area contributed by atoms with Gasteiger partial charge in [-0.05, 0) is 43.9 Å². The van der Waals surface area contributed by atoms with Gasteiger partial charge in [0.05, 0.1) is 23.7 Å². The fourth-order valence-electron chi connectivity index (χ4n) is 2.12. The minimum atomic E-state index is 0.676. The van der Waals surface area contributed by atoms with E-state index in [1.807, 2.05) is 26.0 Å². The molecule has 1 aromatic carbocycles. The second-order valence-corrected chi connectivity index (χ2v) is 5.84. The lowest BCUT2D eigenvalue weighted by Crippen LogP contribution is -2.03. The molecule has 4 nitrogen and oxygen atoms in total. The Morgan fingerprint density at radius 2 is 1.90 bits per heavy atom. The van der Waals surface area contributed by atoms with Gasteiger partial charge >= 0.3 is 0 Å². The maximum absolute atomic E-state index is 5.73. The maximum atomic E-state index is 5.73. The molecule has 0 aliphatic rings. The first-order valence-electron chi connectivity index (χ1n) is 7.53. The monoisotopic (exact) mass is 287 g/mol. The average molecular weight is 287 g/mol. The van der Waals surface area contributed by atoms with Crippen molar-refractivity contribution in [3.63, 3.8) is 0 Å². The van der Waals surface area contributed by atoms with Crippen LogP contribution in [-0.2, 0) is 6.54 Å². The zero-order valence-electron chi connectivity index (χ0n) is 13.4. The highest BCUT2D eigenvalue weighted by Gasteiger charge is 2.05. The van der Waals surface area contributed by atoms with Gasteiger partial charge in [-0.3, -0.25) is 5.10 Å². The highest BCUT2D eigenvalue weighted by molar-refractivity contribution is 5.51. The highest BCUT2D eigenvalue weighted by Crippen LogP contribution is 2.18. The molecule has 2 N–H and O–H groups in total. The van der Waals surface area contributed by atoms with Gasteiger partial charge in [0.15, 0.2) is 0 Å². The first kappa shape index (κ1) is 15.4. The summed E-state index contributed by atoms with van der Waals surface area (Å²) in [5.41, 5.74) is 4.39. The average Bonchev–Trinajstić information content (AvgIpc) is 2.77. The van der Waals surface area contributed by atoms with Crippen molar-refractivity contribution in [2.45, 2.75) is 40.7 Å². The van der Waals surface area contributed by atoms with Crippen molar-refractivity contribution in [2.75, 3.05) is 11.9 Å². The van der Waals surface area contributed by atoms with E-state index in [-0.39, 0.29) is 0 Å². The number of H-pyrrole nitrogens is 1. The number of benzene rings is 1. The zero-order valence-corrected chi connectivity index (χ0v) is 13.4. The summed E-state index contributed by atoms with van der Waals surface area (Å²) in [4.78, 5) is 0. The van der Waals surface area contributed by atoms with E-state index in [4.69, 9.17) is 4.74 Å². The minimum Gasteiger partial charge on any atom is -0.494 e. The van der Waals surface area contributed by atoms with Crippen LogP contribution in [0, 0.1) is 19.8 Å². The molecule has 1 heterocycles. The molecule has 0 saturated heterocycles. The summed E-state index contributed by atoms with van der Waals surface area (Å²) in [5, 5.41) is 10.6. The Balaban J connectivity index is 1.85. The van der Waals surface area contributed by atoms with Gasteiger partial charge in [0.25, 0.3) is 0 Å². The van der Waals surface area contributed by atoms with Gasteiger partial charge in [-0.1, -0.05) is 26.0 Å². The van der Waals surface area contributed by atoms with Crippen LogP contribution >= 0.6 is 0 Å². The van der Waals surface area contributed by atoms with Gasteiger partial charge < -0.3 is 10.1 Å². The summed E-state index contributed by atoms with van der Waals surface area (Å²) in [7, 11) is 0. The SMILES string of the molecule is Cc1n[nH]c(C)c1NCc1ccc(OCCC(C)C)cc1. The van der Waals surface area contributed by atoms with Crippen molar-refractivity contribution >= 4 is 5.69 Å². The van der Waals surface area contributed by atoms with Crippen LogP contribution < -0.4 is 10.1 Å². The molecule has 21 heavy (non-hydrogen) atoms. The smallest absolute Gasteiger partial charge is 0.119 e. The molecule has 1 aromatic heterocycles. The highest BCUT2D eigenvalue weighted by atomic mass is 16.5. The molecule has 0 amide bonds. The predicted octanol–water partition coefficient (Wildman–Crippen LogP) is 4.06. The topological polar surface area (TPSA) is 49.9 Å². The van der Waals surface area contributed by atoms with Crippen molar-refractivity contribution in [3.05, 3.63) is 41.2 Å². The van der Waals surface area contributed by atoms with E-state index < -0.39 is 0 Å². The molecule has 0 radical (unpaired) electrons. The number of ether oxygens (including phenoxy) is 1. The molecule has 0 saturated carbocycles. The van der Waals surface area contributed by atoms with Crippen molar-refractivity contribution in [1.82, 2.24) is 10.2 Å². The van der Waals surface area contributed by atoms with Gasteiger partial charge in [0.1, 0.15) is 5.75 Å². The number of nitrogens with zero attached hydrogens (tertiary/aromatic N) is 1. The molecule has 2 aromatic rings. The summed E-state index contributed by atoms with van der Waals surface area (Å²) in [5.74, 6) is 1.62. The summed E-state index contributed by atoms with van der Waals surface area (Å²) in [6, 6.07) is 8.27. The molecular formula is C17H25N3O. The number of aryl methyl sites for hydroxylation is 2. The van der Waals surface area contributed by atoms with Crippen molar-refractivity contribution in [3.8, 4) is 5.75 Å². The molecule has 0 aliphatic carbocycles. The Morgan fingerprint density at radius 3 is 2.48 bits per heavy atom. The van der Waals surface area contributed by atoms with Crippen molar-refractivity contribution in [1.29, 1.82) is 0 Å². The summed E-state index contributed by atoms with van der Waals surface area (Å²) < 4.78 is 5.73. The minimum absolute atomic E-state index is 0.676. The third-order valence-corrected chi connectivity index (χ3v) is 3.48. The van der Waals surface area contributed by atoms with Gasteiger partial charge in [-0.2, -0.15) is 5.10 Å². The van der Waals surface area contributed by atoms with Crippen molar-refractivity contribution in [2.24, 2.45) is 5.92 Å². The maximum Gasteiger partial charge on any atom is 0.119 e. The number of anilines is 1. The molecule has 4 heteroatoms. The Morgan fingerprint density at radius 1 is 1.19 bits per heavy atom. The number of aromatic amines is 1. The van der Waals surface area contributed by atoms with Crippen LogP contribution in [0.5, 0.6) is 5.75 Å². The van der Waals surface area contributed by atoms with E-state index in [0.29, 0.717) is 5.92 Å². The third-order valence-electron chi connectivity index (χ3n) is 3.48. The van der Waals surface area contributed by atoms with Crippen LogP contribution in [0.3, 0.4) is 0 Å². The van der Waals surface area contributed by atoms with Crippen LogP contribution in [-0.4, -0.2) is 16.8 Å². The van der Waals surface area contributed by atoms with Gasteiger partial charge in [-0.25, -0.2) is 0 Å². The zero-order chi connectivity index (χ0) is 15.2. The number of rotatable bonds is 7. The molecular weight excluding hydrogens is 262 g/mol. The lowest BCUT2D eigenvalue weighted by Gasteiger charge is -2.10. The van der Waals surface area contributed by atoms with E-state index >= 15 is 0 Å². The summed E-state index contributed by atoms with van der Waals surface area (Å²) >= 11 is 0. The van der Waals surface area contributed by atoms with E-state index in [0.717, 1.165) is 42.4 Å². The molecule has 0 spiro atoms. The number of aromatic nitrogens is 2. The predicted molar refractivity (Wildman–Crippen MR) is 86.8 cm³/mol. The molecule has 0 aliphatic heterocycles. The quantitative estimate of drug-likeness (QED) is 0.807. The Hall–Kier alpha value is -1.97. The fraction of sp³-hybridized carbons (Fsp3) is 0.471. The molecule has 0 atom stereocenters. The van der Waals surface area contributed by atoms with E-state index in [1.54, 1.807) is 0 Å². The number of hydrogen-bond donors (Lipinski definition) is 2. The third kappa shape index (κ3) is 4.52. The van der Waals surface area contributed by atoms with E-state index in [1.165, 1.54) is 5.56 Å². The van der Waals surface area contributed by atoms with Crippen LogP contribution in [0.15, 0.2) is 24.3 Å². The first-order valence-corrected chi connectivity index (χ1v) is 7.53. The molecule has 0 unspecified atom stereocenters. The Kier molecular flexibility index (Phi) is 5.26. The van der Waals surface area contributed by atoms with Crippen LogP contribution in [0.4, 0.5) is 5.69 Å². The lowest BCUT2D eigenvalue weighted by atomic mass is 10.1. The summed E-state index contributed by atoms with van der Waals surface area (Å²) in [6.07, 6.45) is 1.09. The normalized spacial score (nSPS) is 10.9. The molecule has 0 fully saturated rings. The lowest BCUT2D eigenvalue weighted by molar-refractivity contribution is 0.289. The molecule has 0 bridgehead atoms. The standard InChI is InChI=1S/C17H25N3O/c1-12(2)9-10-21-16-7-5-15(6-8-16)11-18-17-13(3)19-20-14(17)4/h5-8,12,18H,9-11H2,1-4H3,(H,19,20). The fourth-order valence-corrected chi connectivity index (χ4v) is 2.12. The van der Waals surface area contributed by atoms with Gasteiger partial charge in [0.2, 0.25) is 0 Å². The summed E-state index contributed by atoms with van der Waals surface area (Å²) in [6.45, 7) is 10.00. The number of hydrogen-bond acceptors (Lipinski definition) is 3. The second-order valence-electron chi connectivity index (χ2n) is 5.84. The van der Waals surface area contributed by atoms with Crippen LogP contribution in [0.25, 0.3) is 0 Å². The van der Waals surface area contributed by atoms with Crippen LogP contribution in [0.2, 0.25) is 0 Å². The molecule has 114 valence electrons. The van der Waals surface area contributed by atoms with E-state index in [9.17, 15) is 0 Å². The Bertz CT molecular complexity index is 538. The largest absolute Gasteiger partial charge is 0.494 e. The van der Waals surface area contributed by atoms with Gasteiger partial charge in [-0.15, -0.1) is 0 Å². The van der Waals surface area contributed by atoms with Crippen LogP contribution in [0.1, 0.15) is 37.2 Å². The number of nitrogens with one attached hydrogen (secondary N) is 2. The van der Waals surface area contributed by atoms with Gasteiger partial charge in [0, 0.05) is 6.54 Å². The molecule has 2 rings (SSSR count). The Labute approximate surface area is 126 Å². The second kappa shape index (κ2) is 7.16.